The minimum Gasteiger partial charge on any atom is -0.466 e. The number of ether oxygens (including phenoxy) is 1. The van der Waals surface area contributed by atoms with Crippen LogP contribution < -0.4 is 10.9 Å². The zero-order valence-corrected chi connectivity index (χ0v) is 15.8. The molecular formula is C19H19N3O4S. The highest BCUT2D eigenvalue weighted by Crippen LogP contribution is 2.27. The molecule has 3 rings (SSSR count). The van der Waals surface area contributed by atoms with Crippen LogP contribution >= 0.6 is 11.3 Å². The second-order valence-electron chi connectivity index (χ2n) is 5.85. The van der Waals surface area contributed by atoms with Crippen molar-refractivity contribution in [3.63, 3.8) is 0 Å². The van der Waals surface area contributed by atoms with Crippen LogP contribution in [0, 0.1) is 6.92 Å². The Hall–Kier alpha value is -3.00. The van der Waals surface area contributed by atoms with Crippen LogP contribution in [0.25, 0.3) is 10.2 Å². The number of thiophene rings is 1. The van der Waals surface area contributed by atoms with Crippen LogP contribution in [-0.4, -0.2) is 28.0 Å². The Labute approximate surface area is 159 Å². The van der Waals surface area contributed by atoms with E-state index in [1.165, 1.54) is 22.2 Å². The van der Waals surface area contributed by atoms with Gasteiger partial charge in [0.15, 0.2) is 0 Å². The van der Waals surface area contributed by atoms with Crippen LogP contribution in [0.3, 0.4) is 0 Å². The molecule has 0 aliphatic carbocycles. The van der Waals surface area contributed by atoms with Gasteiger partial charge in [0.2, 0.25) is 0 Å². The van der Waals surface area contributed by atoms with Crippen molar-refractivity contribution in [1.29, 1.82) is 0 Å². The third-order valence-corrected chi connectivity index (χ3v) is 5.22. The summed E-state index contributed by atoms with van der Waals surface area (Å²) in [7, 11) is 0. The fourth-order valence-corrected chi connectivity index (χ4v) is 3.72. The second-order valence-corrected chi connectivity index (χ2v) is 6.85. The van der Waals surface area contributed by atoms with E-state index in [9.17, 15) is 14.4 Å². The van der Waals surface area contributed by atoms with Gasteiger partial charge in [-0.05, 0) is 31.5 Å². The van der Waals surface area contributed by atoms with Gasteiger partial charge in [0.05, 0.1) is 29.6 Å². The van der Waals surface area contributed by atoms with E-state index in [1.807, 2.05) is 18.2 Å². The maximum absolute atomic E-state index is 12.8. The number of carbonyl (C=O) groups excluding carboxylic acids is 2. The summed E-state index contributed by atoms with van der Waals surface area (Å²) in [6.07, 6.45) is 1.49. The Morgan fingerprint density at radius 2 is 2.00 bits per heavy atom. The number of rotatable bonds is 6. The molecule has 0 bridgehead atoms. The van der Waals surface area contributed by atoms with Crippen molar-refractivity contribution < 1.29 is 14.3 Å². The van der Waals surface area contributed by atoms with Crippen LogP contribution in [-0.2, 0) is 16.1 Å². The van der Waals surface area contributed by atoms with Crippen LogP contribution in [0.2, 0.25) is 0 Å². The monoisotopic (exact) mass is 385 g/mol. The Balaban J connectivity index is 1.88. The van der Waals surface area contributed by atoms with E-state index < -0.39 is 0 Å². The average molecular weight is 385 g/mol. The van der Waals surface area contributed by atoms with Crippen molar-refractivity contribution >= 4 is 39.1 Å². The molecule has 0 saturated carbocycles. The third kappa shape index (κ3) is 4.06. The number of nitrogens with zero attached hydrogens (tertiary/aromatic N) is 2. The van der Waals surface area contributed by atoms with Crippen LogP contribution in [0.1, 0.15) is 28.6 Å². The minimum atomic E-state index is -0.366. The molecular weight excluding hydrogens is 366 g/mol. The van der Waals surface area contributed by atoms with Gasteiger partial charge in [-0.15, -0.1) is 11.3 Å². The molecule has 8 heteroatoms. The van der Waals surface area contributed by atoms with E-state index in [1.54, 1.807) is 26.0 Å². The maximum atomic E-state index is 12.8. The minimum absolute atomic E-state index is 0.0888. The number of benzene rings is 1. The molecule has 0 aliphatic heterocycles. The summed E-state index contributed by atoms with van der Waals surface area (Å²) in [5.41, 5.74) is 1.00. The number of hydrogen-bond acceptors (Lipinski definition) is 6. The van der Waals surface area contributed by atoms with Gasteiger partial charge >= 0.3 is 5.97 Å². The molecule has 0 fully saturated rings. The highest BCUT2D eigenvalue weighted by molar-refractivity contribution is 7.20. The van der Waals surface area contributed by atoms with E-state index in [0.29, 0.717) is 33.0 Å². The molecule has 0 atom stereocenters. The number of aromatic nitrogens is 2. The van der Waals surface area contributed by atoms with Gasteiger partial charge in [-0.1, -0.05) is 18.2 Å². The van der Waals surface area contributed by atoms with Crippen molar-refractivity contribution in [3.8, 4) is 0 Å². The smallest absolute Gasteiger partial charge is 0.307 e. The lowest BCUT2D eigenvalue weighted by Gasteiger charge is -2.05. The SMILES string of the molecule is CCOC(=O)CCn1cnc2sc(C(=O)Nc3ccccc3)c(C)c2c1=O. The van der Waals surface area contributed by atoms with Gasteiger partial charge < -0.3 is 10.1 Å². The summed E-state index contributed by atoms with van der Waals surface area (Å²) in [5, 5.41) is 3.23. The fourth-order valence-electron chi connectivity index (χ4n) is 2.69. The average Bonchev–Trinajstić information content (AvgIpc) is 3.00. The third-order valence-electron chi connectivity index (χ3n) is 4.02. The molecule has 27 heavy (non-hydrogen) atoms. The number of amides is 1. The lowest BCUT2D eigenvalue weighted by atomic mass is 10.2. The molecule has 2 aromatic heterocycles. The predicted molar refractivity (Wildman–Crippen MR) is 104 cm³/mol. The first-order chi connectivity index (χ1) is 13.0. The van der Waals surface area contributed by atoms with Gasteiger partial charge in [-0.3, -0.25) is 19.0 Å². The largest absolute Gasteiger partial charge is 0.466 e. The predicted octanol–water partition coefficient (Wildman–Crippen LogP) is 2.97. The molecule has 0 aliphatic rings. The summed E-state index contributed by atoms with van der Waals surface area (Å²) in [6.45, 7) is 3.95. The molecule has 0 saturated heterocycles. The quantitative estimate of drug-likeness (QED) is 0.659. The number of anilines is 1. The lowest BCUT2D eigenvalue weighted by Crippen LogP contribution is -2.22. The van der Waals surface area contributed by atoms with Crippen LogP contribution in [0.4, 0.5) is 5.69 Å². The van der Waals surface area contributed by atoms with E-state index in [2.05, 4.69) is 10.3 Å². The van der Waals surface area contributed by atoms with Crippen LogP contribution in [0.5, 0.6) is 0 Å². The highest BCUT2D eigenvalue weighted by atomic mass is 32.1. The Morgan fingerprint density at radius 3 is 2.70 bits per heavy atom. The van der Waals surface area contributed by atoms with Gasteiger partial charge in [-0.25, -0.2) is 4.98 Å². The molecule has 3 aromatic rings. The molecule has 140 valence electrons. The standard InChI is InChI=1S/C19H19N3O4S/c1-3-26-14(23)9-10-22-11-20-18-15(19(22)25)12(2)16(27-18)17(24)21-13-7-5-4-6-8-13/h4-8,11H,3,9-10H2,1-2H3,(H,21,24). The van der Waals surface area contributed by atoms with Crippen LogP contribution in [0.15, 0.2) is 41.5 Å². The fraction of sp³-hybridized carbons (Fsp3) is 0.263. The summed E-state index contributed by atoms with van der Waals surface area (Å²) >= 11 is 1.18. The van der Waals surface area contributed by atoms with Crippen molar-refractivity contribution in [2.24, 2.45) is 0 Å². The number of hydrogen-bond donors (Lipinski definition) is 1. The lowest BCUT2D eigenvalue weighted by molar-refractivity contribution is -0.143. The first-order valence-electron chi connectivity index (χ1n) is 8.51. The molecule has 1 N–H and O–H groups in total. The number of esters is 1. The molecule has 0 spiro atoms. The maximum Gasteiger partial charge on any atom is 0.307 e. The molecule has 1 aromatic carbocycles. The first kappa shape index (κ1) is 18.8. The number of nitrogens with one attached hydrogen (secondary N) is 1. The summed E-state index contributed by atoms with van der Waals surface area (Å²) in [4.78, 5) is 42.1. The zero-order chi connectivity index (χ0) is 19.4. The normalized spacial score (nSPS) is 10.7. The Bertz CT molecular complexity index is 1040. The van der Waals surface area contributed by atoms with Crippen molar-refractivity contribution in [2.45, 2.75) is 26.8 Å². The molecule has 7 nitrogen and oxygen atoms in total. The number of carbonyl (C=O) groups is 2. The van der Waals surface area contributed by atoms with Gasteiger partial charge in [0, 0.05) is 12.2 Å². The van der Waals surface area contributed by atoms with Crippen molar-refractivity contribution in [2.75, 3.05) is 11.9 Å². The molecule has 0 radical (unpaired) electrons. The van der Waals surface area contributed by atoms with Crippen molar-refractivity contribution in [1.82, 2.24) is 9.55 Å². The summed E-state index contributed by atoms with van der Waals surface area (Å²) in [6, 6.07) is 9.11. The highest BCUT2D eigenvalue weighted by Gasteiger charge is 2.19. The zero-order valence-electron chi connectivity index (χ0n) is 15.0. The van der Waals surface area contributed by atoms with E-state index >= 15 is 0 Å². The number of para-hydroxylation sites is 1. The molecule has 2 heterocycles. The summed E-state index contributed by atoms with van der Waals surface area (Å²) in [5.74, 6) is -0.645. The second kappa shape index (κ2) is 8.13. The molecule has 0 unspecified atom stereocenters. The Morgan fingerprint density at radius 1 is 1.26 bits per heavy atom. The molecule has 1 amide bonds. The Kier molecular flexibility index (Phi) is 5.66. The number of aryl methyl sites for hydroxylation is 2. The first-order valence-corrected chi connectivity index (χ1v) is 9.33. The van der Waals surface area contributed by atoms with Gasteiger partial charge in [0.1, 0.15) is 4.83 Å². The van der Waals surface area contributed by atoms with E-state index in [4.69, 9.17) is 4.74 Å². The van der Waals surface area contributed by atoms with Crippen molar-refractivity contribution in [3.05, 3.63) is 57.5 Å². The topological polar surface area (TPSA) is 90.3 Å². The summed E-state index contributed by atoms with van der Waals surface area (Å²) < 4.78 is 6.25. The van der Waals surface area contributed by atoms with E-state index in [0.717, 1.165) is 0 Å². The van der Waals surface area contributed by atoms with E-state index in [-0.39, 0.29) is 30.4 Å². The number of fused-ring (bicyclic) bond motifs is 1. The van der Waals surface area contributed by atoms with Gasteiger partial charge in [0.25, 0.3) is 11.5 Å². The van der Waals surface area contributed by atoms with Gasteiger partial charge in [-0.2, -0.15) is 0 Å².